The van der Waals surface area contributed by atoms with Crippen LogP contribution in [0.3, 0.4) is 0 Å². The van der Waals surface area contributed by atoms with E-state index in [1.807, 2.05) is 92.6 Å². The van der Waals surface area contributed by atoms with Crippen molar-refractivity contribution >= 4 is 34.0 Å². The molecule has 0 aliphatic carbocycles. The largest absolute Gasteiger partial charge is 0.492 e. The number of likely N-dealkylation sites (N-methyl/N-ethyl adjacent to an activating group) is 1. The lowest BCUT2D eigenvalue weighted by Gasteiger charge is -2.14. The molecule has 0 spiro atoms. The van der Waals surface area contributed by atoms with Gasteiger partial charge in [-0.15, -0.1) is 0 Å². The molecule has 0 saturated heterocycles. The second kappa shape index (κ2) is 11.8. The summed E-state index contributed by atoms with van der Waals surface area (Å²) in [4.78, 5) is 23.3. The van der Waals surface area contributed by atoms with Crippen LogP contribution in [0.2, 0.25) is 0 Å². The molecule has 8 nitrogen and oxygen atoms in total. The molecule has 8 heteroatoms. The highest BCUT2D eigenvalue weighted by Crippen LogP contribution is 2.34. The van der Waals surface area contributed by atoms with Gasteiger partial charge in [-0.25, -0.2) is 9.97 Å². The van der Waals surface area contributed by atoms with Crippen LogP contribution in [0.4, 0.5) is 17.2 Å². The number of para-hydroxylation sites is 1. The zero-order valence-corrected chi connectivity index (χ0v) is 20.6. The summed E-state index contributed by atoms with van der Waals surface area (Å²) in [5, 5.41) is 7.00. The SMILES string of the molecule is CCOc1cc2ncnc(Nc3ccc(Oc4ccccc4)cc3)c2cc1NC(=O)/C=C/CN(C)C. The van der Waals surface area contributed by atoms with Crippen LogP contribution < -0.4 is 20.1 Å². The van der Waals surface area contributed by atoms with Crippen molar-refractivity contribution in [3.63, 3.8) is 0 Å². The summed E-state index contributed by atoms with van der Waals surface area (Å²) in [6, 6.07) is 20.9. The fourth-order valence-corrected chi connectivity index (χ4v) is 3.47. The standard InChI is InChI=1S/C28H29N5O3/c1-4-35-26-18-24-23(17-25(26)32-27(34)11-8-16-33(2)3)28(30-19-29-24)31-20-12-14-22(15-13-20)36-21-9-6-5-7-10-21/h5-15,17-19H,4,16H2,1-3H3,(H,32,34)(H,29,30,31)/b11-8+. The highest BCUT2D eigenvalue weighted by atomic mass is 16.5. The molecule has 0 unspecified atom stereocenters. The maximum atomic E-state index is 12.5. The second-order valence-electron chi connectivity index (χ2n) is 8.24. The Hall–Kier alpha value is -4.43. The summed E-state index contributed by atoms with van der Waals surface area (Å²) in [6.45, 7) is 3.02. The first kappa shape index (κ1) is 24.7. The first-order valence-electron chi connectivity index (χ1n) is 11.7. The summed E-state index contributed by atoms with van der Waals surface area (Å²) in [6.07, 6.45) is 4.81. The summed E-state index contributed by atoms with van der Waals surface area (Å²) in [5.41, 5.74) is 2.08. The van der Waals surface area contributed by atoms with Gasteiger partial charge in [0.25, 0.3) is 0 Å². The lowest BCUT2D eigenvalue weighted by atomic mass is 10.1. The third-order valence-electron chi connectivity index (χ3n) is 5.13. The number of carbonyl (C=O) groups excluding carboxylic acids is 1. The van der Waals surface area contributed by atoms with Gasteiger partial charge in [0, 0.05) is 29.8 Å². The topological polar surface area (TPSA) is 88.6 Å². The summed E-state index contributed by atoms with van der Waals surface area (Å²) < 4.78 is 11.6. The van der Waals surface area contributed by atoms with E-state index in [1.165, 1.54) is 12.4 Å². The van der Waals surface area contributed by atoms with Crippen molar-refractivity contribution in [2.75, 3.05) is 37.9 Å². The molecule has 36 heavy (non-hydrogen) atoms. The maximum absolute atomic E-state index is 12.5. The van der Waals surface area contributed by atoms with Crippen LogP contribution in [0.1, 0.15) is 6.92 Å². The van der Waals surface area contributed by atoms with Crippen LogP contribution >= 0.6 is 0 Å². The monoisotopic (exact) mass is 483 g/mol. The van der Waals surface area contributed by atoms with Crippen LogP contribution in [0.25, 0.3) is 10.9 Å². The lowest BCUT2D eigenvalue weighted by molar-refractivity contribution is -0.111. The van der Waals surface area contributed by atoms with Gasteiger partial charge in [0.05, 0.1) is 17.8 Å². The molecule has 0 bridgehead atoms. The Bertz CT molecular complexity index is 1340. The van der Waals surface area contributed by atoms with E-state index in [4.69, 9.17) is 9.47 Å². The molecule has 0 aliphatic rings. The minimum atomic E-state index is -0.238. The van der Waals surface area contributed by atoms with Gasteiger partial charge in [-0.05, 0) is 63.5 Å². The van der Waals surface area contributed by atoms with Crippen LogP contribution in [-0.4, -0.2) is 48.0 Å². The number of aromatic nitrogens is 2. The van der Waals surface area contributed by atoms with Gasteiger partial charge in [0.2, 0.25) is 5.91 Å². The third-order valence-corrected chi connectivity index (χ3v) is 5.13. The molecule has 2 N–H and O–H groups in total. The van der Waals surface area contributed by atoms with E-state index in [9.17, 15) is 4.79 Å². The molecule has 1 aromatic heterocycles. The smallest absolute Gasteiger partial charge is 0.248 e. The Kier molecular flexibility index (Phi) is 8.10. The molecule has 1 heterocycles. The van der Waals surface area contributed by atoms with Crippen LogP contribution in [-0.2, 0) is 4.79 Å². The van der Waals surface area contributed by atoms with E-state index in [1.54, 1.807) is 6.08 Å². The van der Waals surface area contributed by atoms with Gasteiger partial charge in [0.1, 0.15) is 29.4 Å². The summed E-state index contributed by atoms with van der Waals surface area (Å²) in [7, 11) is 3.88. The number of nitrogens with one attached hydrogen (secondary N) is 2. The average Bonchev–Trinajstić information content (AvgIpc) is 2.86. The van der Waals surface area contributed by atoms with E-state index in [2.05, 4.69) is 20.6 Å². The van der Waals surface area contributed by atoms with Crippen LogP contribution in [0.15, 0.2) is 85.2 Å². The molecule has 0 saturated carbocycles. The van der Waals surface area contributed by atoms with Crippen molar-refractivity contribution in [3.8, 4) is 17.2 Å². The highest BCUT2D eigenvalue weighted by Gasteiger charge is 2.13. The van der Waals surface area contributed by atoms with Crippen molar-refractivity contribution in [3.05, 3.63) is 85.2 Å². The third kappa shape index (κ3) is 6.58. The number of fused-ring (bicyclic) bond motifs is 1. The predicted molar refractivity (Wildman–Crippen MR) is 143 cm³/mol. The predicted octanol–water partition coefficient (Wildman–Crippen LogP) is 5.62. The number of amides is 1. The number of anilines is 3. The molecule has 3 aromatic carbocycles. The Morgan fingerprint density at radius 2 is 1.75 bits per heavy atom. The Labute approximate surface area is 210 Å². The van der Waals surface area contributed by atoms with Gasteiger partial charge in [-0.3, -0.25) is 4.79 Å². The van der Waals surface area contributed by atoms with Gasteiger partial charge < -0.3 is 25.0 Å². The minimum Gasteiger partial charge on any atom is -0.492 e. The number of benzene rings is 3. The zero-order chi connectivity index (χ0) is 25.3. The van der Waals surface area contributed by atoms with Gasteiger partial charge in [-0.1, -0.05) is 24.3 Å². The van der Waals surface area contributed by atoms with Crippen molar-refractivity contribution in [2.24, 2.45) is 0 Å². The highest BCUT2D eigenvalue weighted by molar-refractivity contribution is 6.03. The summed E-state index contributed by atoms with van der Waals surface area (Å²) >= 11 is 0. The first-order chi connectivity index (χ1) is 17.5. The molecular weight excluding hydrogens is 454 g/mol. The molecule has 0 radical (unpaired) electrons. The Morgan fingerprint density at radius 3 is 2.47 bits per heavy atom. The van der Waals surface area contributed by atoms with E-state index >= 15 is 0 Å². The van der Waals surface area contributed by atoms with E-state index in [0.717, 1.165) is 22.6 Å². The number of hydrogen-bond donors (Lipinski definition) is 2. The molecule has 0 atom stereocenters. The van der Waals surface area contributed by atoms with Crippen molar-refractivity contribution in [1.82, 2.24) is 14.9 Å². The van der Waals surface area contributed by atoms with Crippen molar-refractivity contribution < 1.29 is 14.3 Å². The van der Waals surface area contributed by atoms with E-state index in [-0.39, 0.29) is 5.91 Å². The van der Waals surface area contributed by atoms with Gasteiger partial charge in [-0.2, -0.15) is 0 Å². The number of nitrogens with zero attached hydrogens (tertiary/aromatic N) is 3. The fraction of sp³-hybridized carbons (Fsp3) is 0.179. The number of rotatable bonds is 10. The summed E-state index contributed by atoms with van der Waals surface area (Å²) in [5.74, 6) is 2.42. The second-order valence-corrected chi connectivity index (χ2v) is 8.24. The first-order valence-corrected chi connectivity index (χ1v) is 11.7. The normalized spacial score (nSPS) is 11.1. The average molecular weight is 484 g/mol. The molecule has 184 valence electrons. The van der Waals surface area contributed by atoms with Crippen molar-refractivity contribution in [2.45, 2.75) is 6.92 Å². The quantitative estimate of drug-likeness (QED) is 0.283. The molecule has 0 fully saturated rings. The fourth-order valence-electron chi connectivity index (χ4n) is 3.47. The molecule has 4 rings (SSSR count). The molecule has 4 aromatic rings. The van der Waals surface area contributed by atoms with E-state index in [0.29, 0.717) is 35.9 Å². The molecular formula is C28H29N5O3. The number of hydrogen-bond acceptors (Lipinski definition) is 7. The minimum absolute atomic E-state index is 0.238. The molecule has 1 amide bonds. The Balaban J connectivity index is 1.57. The van der Waals surface area contributed by atoms with Crippen LogP contribution in [0, 0.1) is 0 Å². The lowest BCUT2D eigenvalue weighted by Crippen LogP contribution is -2.13. The zero-order valence-electron chi connectivity index (χ0n) is 20.6. The van der Waals surface area contributed by atoms with Gasteiger partial charge >= 0.3 is 0 Å². The molecule has 0 aliphatic heterocycles. The van der Waals surface area contributed by atoms with Gasteiger partial charge in [0.15, 0.2) is 0 Å². The van der Waals surface area contributed by atoms with Crippen LogP contribution in [0.5, 0.6) is 17.2 Å². The number of ether oxygens (including phenoxy) is 2. The van der Waals surface area contributed by atoms with Crippen molar-refractivity contribution in [1.29, 1.82) is 0 Å². The Morgan fingerprint density at radius 1 is 1.00 bits per heavy atom. The maximum Gasteiger partial charge on any atom is 0.248 e. The van der Waals surface area contributed by atoms with E-state index < -0.39 is 0 Å². The number of carbonyl (C=O) groups is 1.